The number of hydrogen-bond donors (Lipinski definition) is 1. The predicted octanol–water partition coefficient (Wildman–Crippen LogP) is 2.29. The van der Waals surface area contributed by atoms with Crippen molar-refractivity contribution in [2.45, 2.75) is 56.7 Å². The number of hydrogen-bond acceptors (Lipinski definition) is 1. The Morgan fingerprint density at radius 3 is 1.67 bits per heavy atom. The quantitative estimate of drug-likeness (QED) is 0.584. The largest absolute Gasteiger partial charge is 0.307 e. The van der Waals surface area contributed by atoms with E-state index in [-0.39, 0.29) is 11.1 Å². The fourth-order valence-corrected chi connectivity index (χ4v) is 3.06. The summed E-state index contributed by atoms with van der Waals surface area (Å²) in [6.45, 7) is 8.07. The highest BCUT2D eigenvalue weighted by molar-refractivity contribution is 6.22. The van der Waals surface area contributed by atoms with Gasteiger partial charge in [0.1, 0.15) is 0 Å². The summed E-state index contributed by atoms with van der Waals surface area (Å²) in [4.78, 5) is 0. The Balaban J connectivity index is 2.81. The highest BCUT2D eigenvalue weighted by Gasteiger charge is 2.46. The van der Waals surface area contributed by atoms with E-state index in [4.69, 9.17) is 11.6 Å². The van der Waals surface area contributed by atoms with Gasteiger partial charge in [-0.05, 0) is 27.7 Å². The Bertz CT molecular complexity index is 142. The molecular weight excluding hydrogens is 174 g/mol. The minimum atomic E-state index is -1.29. The van der Waals surface area contributed by atoms with Gasteiger partial charge in [-0.1, -0.05) is 11.6 Å². The molecule has 1 aliphatic heterocycles. The minimum absolute atomic E-state index is 0.148. The van der Waals surface area contributed by atoms with Crippen LogP contribution in [0.3, 0.4) is 0 Å². The van der Waals surface area contributed by atoms with E-state index in [0.717, 1.165) is 0 Å². The van der Waals surface area contributed by atoms with E-state index in [9.17, 15) is 5.11 Å². The smallest absolute Gasteiger partial charge is 0.180 e. The lowest BCUT2D eigenvalue weighted by Gasteiger charge is -2.47. The lowest BCUT2D eigenvalue weighted by atomic mass is 9.81. The molecule has 0 unspecified atom stereocenters. The van der Waals surface area contributed by atoms with Gasteiger partial charge in [-0.2, -0.15) is 0 Å². The molecule has 0 aromatic rings. The molecule has 0 aromatic carbocycles. The molecular formula is C9H17ClNO. The van der Waals surface area contributed by atoms with Crippen molar-refractivity contribution in [2.24, 2.45) is 0 Å². The Morgan fingerprint density at radius 2 is 1.42 bits per heavy atom. The highest BCUT2D eigenvalue weighted by Crippen LogP contribution is 2.38. The minimum Gasteiger partial charge on any atom is -0.307 e. The van der Waals surface area contributed by atoms with Crippen molar-refractivity contribution < 1.29 is 5.11 Å². The third kappa shape index (κ3) is 2.61. The standard InChI is InChI=1S/C9H17ClNO/c1-7(2)5-9(10,12)6-8(3,4)11-7/h11H,5-6H2,1-4H3. The van der Waals surface area contributed by atoms with Crippen LogP contribution < -0.4 is 5.32 Å². The summed E-state index contributed by atoms with van der Waals surface area (Å²) in [5.41, 5.74) is -0.295. The van der Waals surface area contributed by atoms with Crippen LogP contribution in [0.15, 0.2) is 0 Å². The van der Waals surface area contributed by atoms with Crippen LogP contribution >= 0.6 is 11.6 Å². The first-order chi connectivity index (χ1) is 5.12. The van der Waals surface area contributed by atoms with Crippen molar-refractivity contribution in [3.05, 3.63) is 0 Å². The first kappa shape index (κ1) is 10.3. The van der Waals surface area contributed by atoms with Crippen LogP contribution in [0.1, 0.15) is 40.5 Å². The average Bonchev–Trinajstić information content (AvgIpc) is 1.44. The topological polar surface area (TPSA) is 31.9 Å². The molecule has 3 heteroatoms. The molecule has 12 heavy (non-hydrogen) atoms. The molecule has 0 atom stereocenters. The third-order valence-electron chi connectivity index (χ3n) is 2.09. The van der Waals surface area contributed by atoms with Gasteiger partial charge in [0.05, 0.1) is 0 Å². The monoisotopic (exact) mass is 190 g/mol. The Hall–Kier alpha value is 0.210. The number of piperidine rings is 1. The lowest BCUT2D eigenvalue weighted by molar-refractivity contribution is -0.0406. The third-order valence-corrected chi connectivity index (χ3v) is 2.36. The SMILES string of the molecule is CC1(C)CC([O])(Cl)CC(C)(C)N1. The van der Waals surface area contributed by atoms with Crippen LogP contribution in [0.4, 0.5) is 0 Å². The zero-order valence-corrected chi connectivity index (χ0v) is 8.96. The first-order valence-electron chi connectivity index (χ1n) is 4.31. The summed E-state index contributed by atoms with van der Waals surface area (Å²) < 4.78 is 0. The fourth-order valence-electron chi connectivity index (χ4n) is 2.39. The van der Waals surface area contributed by atoms with Gasteiger partial charge in [-0.15, -0.1) is 0 Å². The molecule has 1 fully saturated rings. The molecule has 0 saturated carbocycles. The second-order valence-electron chi connectivity index (χ2n) is 5.13. The van der Waals surface area contributed by atoms with Crippen molar-refractivity contribution in [3.63, 3.8) is 0 Å². The lowest BCUT2D eigenvalue weighted by Crippen LogP contribution is -2.61. The zero-order chi connectivity index (χ0) is 9.62. The van der Waals surface area contributed by atoms with Crippen molar-refractivity contribution in [2.75, 3.05) is 0 Å². The summed E-state index contributed by atoms with van der Waals surface area (Å²) in [7, 11) is 0. The summed E-state index contributed by atoms with van der Waals surface area (Å²) >= 11 is 5.85. The molecule has 1 rings (SSSR count). The van der Waals surface area contributed by atoms with Gasteiger partial charge < -0.3 is 5.32 Å². The molecule has 0 spiro atoms. The van der Waals surface area contributed by atoms with Gasteiger partial charge in [-0.25, -0.2) is 5.11 Å². The summed E-state index contributed by atoms with van der Waals surface area (Å²) in [6.07, 6.45) is 0.954. The summed E-state index contributed by atoms with van der Waals surface area (Å²) in [5, 5.41) is 13.8. The van der Waals surface area contributed by atoms with Crippen molar-refractivity contribution >= 4 is 11.6 Å². The van der Waals surface area contributed by atoms with Crippen LogP contribution in [-0.2, 0) is 5.11 Å². The molecule has 1 saturated heterocycles. The normalized spacial score (nSPS) is 31.5. The van der Waals surface area contributed by atoms with Gasteiger partial charge in [0.25, 0.3) is 0 Å². The summed E-state index contributed by atoms with van der Waals surface area (Å²) in [5.74, 6) is 0. The molecule has 2 nitrogen and oxygen atoms in total. The molecule has 0 aromatic heterocycles. The molecule has 0 amide bonds. The van der Waals surface area contributed by atoms with Gasteiger partial charge in [0, 0.05) is 23.9 Å². The van der Waals surface area contributed by atoms with Crippen molar-refractivity contribution in [1.29, 1.82) is 0 Å². The first-order valence-corrected chi connectivity index (χ1v) is 4.69. The van der Waals surface area contributed by atoms with Gasteiger partial charge in [-0.3, -0.25) is 0 Å². The number of halogens is 1. The van der Waals surface area contributed by atoms with Gasteiger partial charge in [0.15, 0.2) is 5.06 Å². The Kier molecular flexibility index (Phi) is 2.23. The van der Waals surface area contributed by atoms with Crippen LogP contribution in [0.25, 0.3) is 0 Å². The number of alkyl halides is 1. The van der Waals surface area contributed by atoms with E-state index in [1.165, 1.54) is 0 Å². The van der Waals surface area contributed by atoms with E-state index >= 15 is 0 Å². The van der Waals surface area contributed by atoms with E-state index in [2.05, 4.69) is 5.32 Å². The predicted molar refractivity (Wildman–Crippen MR) is 49.8 cm³/mol. The molecule has 1 heterocycles. The molecule has 0 bridgehead atoms. The van der Waals surface area contributed by atoms with Gasteiger partial charge >= 0.3 is 0 Å². The Morgan fingerprint density at radius 1 is 1.08 bits per heavy atom. The van der Waals surface area contributed by atoms with E-state index in [0.29, 0.717) is 12.8 Å². The van der Waals surface area contributed by atoms with Crippen molar-refractivity contribution in [3.8, 4) is 0 Å². The molecule has 0 aliphatic carbocycles. The zero-order valence-electron chi connectivity index (χ0n) is 8.20. The van der Waals surface area contributed by atoms with Gasteiger partial charge in [0.2, 0.25) is 0 Å². The van der Waals surface area contributed by atoms with Crippen LogP contribution in [0.2, 0.25) is 0 Å². The Labute approximate surface area is 79.3 Å². The molecule has 71 valence electrons. The second kappa shape index (κ2) is 2.60. The number of rotatable bonds is 0. The molecule has 1 aliphatic rings. The molecule has 1 N–H and O–H groups in total. The maximum absolute atomic E-state index is 11.7. The van der Waals surface area contributed by atoms with Crippen LogP contribution in [0, 0.1) is 0 Å². The van der Waals surface area contributed by atoms with Crippen LogP contribution in [0.5, 0.6) is 0 Å². The summed E-state index contributed by atoms with van der Waals surface area (Å²) in [6, 6.07) is 0. The van der Waals surface area contributed by atoms with E-state index in [1.54, 1.807) is 0 Å². The van der Waals surface area contributed by atoms with Crippen molar-refractivity contribution in [1.82, 2.24) is 5.32 Å². The van der Waals surface area contributed by atoms with E-state index in [1.807, 2.05) is 27.7 Å². The molecule has 1 radical (unpaired) electrons. The van der Waals surface area contributed by atoms with E-state index < -0.39 is 5.06 Å². The maximum atomic E-state index is 11.7. The fraction of sp³-hybridized carbons (Fsp3) is 1.00. The highest BCUT2D eigenvalue weighted by atomic mass is 35.5. The average molecular weight is 191 g/mol. The maximum Gasteiger partial charge on any atom is 0.180 e. The number of nitrogens with one attached hydrogen (secondary N) is 1. The van der Waals surface area contributed by atoms with Crippen LogP contribution in [-0.4, -0.2) is 16.1 Å². The second-order valence-corrected chi connectivity index (χ2v) is 5.82.